The number of halogens is 1. The molecule has 0 saturated carbocycles. The largest absolute Gasteiger partial charge is 0.494 e. The number of hydrogen-bond acceptors (Lipinski definition) is 2. The highest BCUT2D eigenvalue weighted by Crippen LogP contribution is 2.19. The van der Waals surface area contributed by atoms with Gasteiger partial charge in [-0.15, -0.1) is 24.0 Å². The van der Waals surface area contributed by atoms with Crippen LogP contribution in [0, 0.1) is 13.8 Å². The smallest absolute Gasteiger partial charge is 0.193 e. The van der Waals surface area contributed by atoms with E-state index >= 15 is 0 Å². The van der Waals surface area contributed by atoms with E-state index in [0.29, 0.717) is 19.1 Å². The summed E-state index contributed by atoms with van der Waals surface area (Å²) in [6.45, 7) is 7.28. The molecule has 2 aromatic carbocycles. The maximum atomic E-state index is 5.92. The van der Waals surface area contributed by atoms with E-state index in [4.69, 9.17) is 10.5 Å². The molecule has 0 fully saturated rings. The second kappa shape index (κ2) is 9.39. The summed E-state index contributed by atoms with van der Waals surface area (Å²) in [6, 6.07) is 14.1. The number of ether oxygens (including phenoxy) is 1. The van der Waals surface area contributed by atoms with Gasteiger partial charge in [0.15, 0.2) is 5.96 Å². The number of aliphatic imine (C=N–C) groups is 1. The Hall–Kier alpha value is -1.76. The van der Waals surface area contributed by atoms with Gasteiger partial charge >= 0.3 is 0 Å². The highest BCUT2D eigenvalue weighted by Gasteiger charge is 2.01. The van der Waals surface area contributed by atoms with E-state index in [1.807, 2.05) is 50.2 Å². The van der Waals surface area contributed by atoms with Gasteiger partial charge < -0.3 is 15.8 Å². The Morgan fingerprint density at radius 3 is 2.43 bits per heavy atom. The normalized spacial score (nSPS) is 10.8. The lowest BCUT2D eigenvalue weighted by Crippen LogP contribution is -2.22. The van der Waals surface area contributed by atoms with Gasteiger partial charge in [-0.2, -0.15) is 0 Å². The lowest BCUT2D eigenvalue weighted by molar-refractivity contribution is 0.338. The topological polar surface area (TPSA) is 59.6 Å². The van der Waals surface area contributed by atoms with Crippen molar-refractivity contribution in [1.29, 1.82) is 0 Å². The van der Waals surface area contributed by atoms with E-state index in [-0.39, 0.29) is 24.0 Å². The Balaban J connectivity index is 0.00000264. The van der Waals surface area contributed by atoms with Crippen molar-refractivity contribution in [3.8, 4) is 5.75 Å². The minimum atomic E-state index is 0. The first-order valence-electron chi connectivity index (χ1n) is 7.44. The first-order chi connectivity index (χ1) is 10.6. The first kappa shape index (κ1) is 19.3. The van der Waals surface area contributed by atoms with Crippen molar-refractivity contribution in [1.82, 2.24) is 0 Å². The summed E-state index contributed by atoms with van der Waals surface area (Å²) in [7, 11) is 0. The molecule has 2 aromatic rings. The van der Waals surface area contributed by atoms with Crippen molar-refractivity contribution in [2.75, 3.05) is 11.9 Å². The predicted molar refractivity (Wildman–Crippen MR) is 108 cm³/mol. The monoisotopic (exact) mass is 425 g/mol. The van der Waals surface area contributed by atoms with E-state index in [9.17, 15) is 0 Å². The third kappa shape index (κ3) is 6.09. The van der Waals surface area contributed by atoms with Crippen LogP contribution in [0.3, 0.4) is 0 Å². The number of guanidine groups is 1. The number of nitrogens with one attached hydrogen (secondary N) is 1. The summed E-state index contributed by atoms with van der Waals surface area (Å²) >= 11 is 0. The van der Waals surface area contributed by atoms with Crippen LogP contribution in [0.25, 0.3) is 0 Å². The van der Waals surface area contributed by atoms with Crippen LogP contribution in [0.1, 0.15) is 23.6 Å². The molecule has 0 aliphatic rings. The van der Waals surface area contributed by atoms with Crippen molar-refractivity contribution >= 4 is 35.6 Å². The maximum Gasteiger partial charge on any atom is 0.193 e. The van der Waals surface area contributed by atoms with Crippen LogP contribution < -0.4 is 15.8 Å². The maximum absolute atomic E-state index is 5.92. The number of benzene rings is 2. The van der Waals surface area contributed by atoms with E-state index in [1.165, 1.54) is 5.56 Å². The van der Waals surface area contributed by atoms with Crippen molar-refractivity contribution in [2.45, 2.75) is 27.3 Å². The Kier molecular flexibility index (Phi) is 7.88. The Morgan fingerprint density at radius 1 is 1.13 bits per heavy atom. The number of nitrogens with zero attached hydrogens (tertiary/aromatic N) is 1. The van der Waals surface area contributed by atoms with Crippen LogP contribution in [-0.2, 0) is 6.54 Å². The molecular formula is C18H24IN3O. The van der Waals surface area contributed by atoms with Gasteiger partial charge in [0, 0.05) is 5.69 Å². The first-order valence-corrected chi connectivity index (χ1v) is 7.44. The van der Waals surface area contributed by atoms with E-state index in [0.717, 1.165) is 22.6 Å². The standard InChI is InChI=1S/C18H23N3O.HI/c1-4-22-17-10-7-15(11-14(17)3)12-20-18(19)21-16-8-5-13(2)6-9-16;/h5-11H,4,12H2,1-3H3,(H3,19,20,21);1H. The van der Waals surface area contributed by atoms with Crippen LogP contribution >= 0.6 is 24.0 Å². The molecular weight excluding hydrogens is 401 g/mol. The number of anilines is 1. The molecule has 124 valence electrons. The molecule has 4 nitrogen and oxygen atoms in total. The van der Waals surface area contributed by atoms with Crippen LogP contribution in [0.4, 0.5) is 5.69 Å². The van der Waals surface area contributed by atoms with Crippen LogP contribution in [-0.4, -0.2) is 12.6 Å². The molecule has 23 heavy (non-hydrogen) atoms. The van der Waals surface area contributed by atoms with Gasteiger partial charge in [0.2, 0.25) is 0 Å². The highest BCUT2D eigenvalue weighted by atomic mass is 127. The van der Waals surface area contributed by atoms with Crippen LogP contribution in [0.2, 0.25) is 0 Å². The van der Waals surface area contributed by atoms with Gasteiger partial charge in [-0.25, -0.2) is 4.99 Å². The van der Waals surface area contributed by atoms with Gasteiger partial charge in [0.1, 0.15) is 5.75 Å². The number of aryl methyl sites for hydroxylation is 2. The third-order valence-electron chi connectivity index (χ3n) is 3.30. The minimum Gasteiger partial charge on any atom is -0.494 e. The second-order valence-electron chi connectivity index (χ2n) is 5.23. The molecule has 0 spiro atoms. The summed E-state index contributed by atoms with van der Waals surface area (Å²) in [4.78, 5) is 4.37. The van der Waals surface area contributed by atoms with Gasteiger partial charge in [0.05, 0.1) is 13.2 Å². The molecule has 0 heterocycles. The average molecular weight is 425 g/mol. The molecule has 0 unspecified atom stereocenters. The van der Waals surface area contributed by atoms with Gasteiger partial charge in [-0.1, -0.05) is 29.8 Å². The third-order valence-corrected chi connectivity index (χ3v) is 3.30. The zero-order chi connectivity index (χ0) is 15.9. The summed E-state index contributed by atoms with van der Waals surface area (Å²) in [5.41, 5.74) is 10.3. The van der Waals surface area contributed by atoms with E-state index in [1.54, 1.807) is 0 Å². The lowest BCUT2D eigenvalue weighted by atomic mass is 10.1. The van der Waals surface area contributed by atoms with E-state index in [2.05, 4.69) is 23.3 Å². The fourth-order valence-electron chi connectivity index (χ4n) is 2.13. The Labute approximate surface area is 155 Å². The Morgan fingerprint density at radius 2 is 1.83 bits per heavy atom. The fraction of sp³-hybridized carbons (Fsp3) is 0.278. The summed E-state index contributed by atoms with van der Waals surface area (Å²) in [5, 5.41) is 3.09. The zero-order valence-corrected chi connectivity index (χ0v) is 16.1. The molecule has 0 amide bonds. The molecule has 0 bridgehead atoms. The minimum absolute atomic E-state index is 0. The molecule has 2 rings (SSSR count). The van der Waals surface area contributed by atoms with Crippen molar-refractivity contribution < 1.29 is 4.74 Å². The highest BCUT2D eigenvalue weighted by molar-refractivity contribution is 14.0. The van der Waals surface area contributed by atoms with E-state index < -0.39 is 0 Å². The zero-order valence-electron chi connectivity index (χ0n) is 13.8. The van der Waals surface area contributed by atoms with Gasteiger partial charge in [0.25, 0.3) is 0 Å². The van der Waals surface area contributed by atoms with Gasteiger partial charge in [-0.05, 0) is 50.1 Å². The average Bonchev–Trinajstić information content (AvgIpc) is 2.50. The number of hydrogen-bond donors (Lipinski definition) is 2. The predicted octanol–water partition coefficient (Wildman–Crippen LogP) is 4.25. The Bertz CT molecular complexity index is 654. The van der Waals surface area contributed by atoms with Crippen molar-refractivity contribution in [3.05, 3.63) is 59.2 Å². The van der Waals surface area contributed by atoms with Gasteiger partial charge in [-0.3, -0.25) is 0 Å². The fourth-order valence-corrected chi connectivity index (χ4v) is 2.13. The van der Waals surface area contributed by atoms with Crippen molar-refractivity contribution in [2.24, 2.45) is 10.7 Å². The lowest BCUT2D eigenvalue weighted by Gasteiger charge is -2.09. The van der Waals surface area contributed by atoms with Crippen molar-refractivity contribution in [3.63, 3.8) is 0 Å². The SMILES string of the molecule is CCOc1ccc(CN=C(N)Nc2ccc(C)cc2)cc1C.I. The molecule has 0 aliphatic carbocycles. The molecule has 0 atom stereocenters. The summed E-state index contributed by atoms with van der Waals surface area (Å²) < 4.78 is 5.53. The molecule has 0 radical (unpaired) electrons. The summed E-state index contributed by atoms with van der Waals surface area (Å²) in [6.07, 6.45) is 0. The molecule has 3 N–H and O–H groups in total. The van der Waals surface area contributed by atoms with Crippen LogP contribution in [0.5, 0.6) is 5.75 Å². The number of nitrogens with two attached hydrogens (primary N) is 1. The molecule has 5 heteroatoms. The molecule has 0 aromatic heterocycles. The number of rotatable bonds is 5. The second-order valence-corrected chi connectivity index (χ2v) is 5.23. The quantitative estimate of drug-likeness (QED) is 0.428. The molecule has 0 saturated heterocycles. The van der Waals surface area contributed by atoms with Crippen LogP contribution in [0.15, 0.2) is 47.5 Å². The summed E-state index contributed by atoms with van der Waals surface area (Å²) in [5.74, 6) is 1.33. The molecule has 0 aliphatic heterocycles.